The molecule has 0 bridgehead atoms. The van der Waals surface area contributed by atoms with Gasteiger partial charge >= 0.3 is 0 Å². The topological polar surface area (TPSA) is 95.0 Å². The molecule has 0 atom stereocenters. The Labute approximate surface area is 212 Å². The summed E-state index contributed by atoms with van der Waals surface area (Å²) < 4.78 is 15.4. The van der Waals surface area contributed by atoms with Crippen LogP contribution in [0.25, 0.3) is 17.3 Å². The molecule has 0 spiro atoms. The summed E-state index contributed by atoms with van der Waals surface area (Å²) >= 11 is 1.27. The maximum absolute atomic E-state index is 13.7. The molecule has 0 fully saturated rings. The fraction of sp³-hybridized carbons (Fsp3) is 0.259. The maximum atomic E-state index is 13.7. The number of aromatic nitrogens is 4. The van der Waals surface area contributed by atoms with Crippen molar-refractivity contribution in [3.8, 4) is 23.3 Å². The van der Waals surface area contributed by atoms with Crippen molar-refractivity contribution in [1.29, 1.82) is 5.26 Å². The van der Waals surface area contributed by atoms with Gasteiger partial charge in [0.1, 0.15) is 22.1 Å². The molecule has 0 saturated heterocycles. The van der Waals surface area contributed by atoms with Gasteiger partial charge in [-0.25, -0.2) is 0 Å². The Kier molecular flexibility index (Phi) is 6.69. The number of fused-ring (bicyclic) bond motifs is 1. The molecule has 0 radical (unpaired) electrons. The van der Waals surface area contributed by atoms with E-state index >= 15 is 0 Å². The Morgan fingerprint density at radius 1 is 1.06 bits per heavy atom. The number of nitrogens with zero attached hydrogens (tertiary/aromatic N) is 5. The predicted octanol–water partition coefficient (Wildman–Crippen LogP) is 2.79. The number of rotatable bonds is 5. The molecule has 36 heavy (non-hydrogen) atoms. The van der Waals surface area contributed by atoms with Crippen molar-refractivity contribution in [2.45, 2.75) is 32.2 Å². The van der Waals surface area contributed by atoms with E-state index in [1.54, 1.807) is 30.9 Å². The van der Waals surface area contributed by atoms with Crippen LogP contribution in [0.3, 0.4) is 0 Å². The van der Waals surface area contributed by atoms with Crippen LogP contribution in [0.4, 0.5) is 0 Å². The van der Waals surface area contributed by atoms with Gasteiger partial charge in [0, 0.05) is 13.0 Å². The molecule has 0 saturated carbocycles. The molecule has 2 aromatic carbocycles. The summed E-state index contributed by atoms with van der Waals surface area (Å²) in [6.45, 7) is 0.758. The minimum absolute atomic E-state index is 0.209. The molecule has 4 aromatic rings. The van der Waals surface area contributed by atoms with Gasteiger partial charge in [0.05, 0.1) is 24.4 Å². The molecule has 0 aliphatic carbocycles. The molecule has 3 heterocycles. The summed E-state index contributed by atoms with van der Waals surface area (Å²) in [5.41, 5.74) is 1.60. The first-order valence-electron chi connectivity index (χ1n) is 11.7. The van der Waals surface area contributed by atoms with Crippen LogP contribution in [0.2, 0.25) is 0 Å². The largest absolute Gasteiger partial charge is 0.493 e. The van der Waals surface area contributed by atoms with E-state index in [9.17, 15) is 10.1 Å². The first kappa shape index (κ1) is 23.6. The van der Waals surface area contributed by atoms with E-state index in [-0.39, 0.29) is 5.56 Å². The second-order valence-electron chi connectivity index (χ2n) is 8.40. The average Bonchev–Trinajstić information content (AvgIpc) is 3.35. The van der Waals surface area contributed by atoms with E-state index < -0.39 is 0 Å². The van der Waals surface area contributed by atoms with E-state index in [0.717, 1.165) is 43.6 Å². The van der Waals surface area contributed by atoms with Gasteiger partial charge < -0.3 is 14.0 Å². The number of para-hydroxylation sites is 1. The number of aryl methyl sites for hydroxylation is 1. The molecular formula is C27H25N5O3S. The van der Waals surface area contributed by atoms with E-state index in [2.05, 4.69) is 16.3 Å². The Bertz CT molecular complexity index is 1630. The van der Waals surface area contributed by atoms with E-state index in [4.69, 9.17) is 9.47 Å². The minimum atomic E-state index is -0.209. The lowest BCUT2D eigenvalue weighted by molar-refractivity contribution is 0.355. The third kappa shape index (κ3) is 4.32. The third-order valence-electron chi connectivity index (χ3n) is 6.20. The van der Waals surface area contributed by atoms with Crippen molar-refractivity contribution < 1.29 is 9.47 Å². The van der Waals surface area contributed by atoms with Crippen molar-refractivity contribution in [2.75, 3.05) is 14.2 Å². The van der Waals surface area contributed by atoms with Crippen molar-refractivity contribution in [1.82, 2.24) is 19.3 Å². The van der Waals surface area contributed by atoms with E-state index in [0.29, 0.717) is 37.8 Å². The smallest absolute Gasteiger partial charge is 0.273 e. The molecule has 5 rings (SSSR count). The molecular weight excluding hydrogens is 474 g/mol. The lowest BCUT2D eigenvalue weighted by atomic mass is 10.2. The Morgan fingerprint density at radius 2 is 1.86 bits per heavy atom. The highest BCUT2D eigenvalue weighted by molar-refractivity contribution is 7.07. The van der Waals surface area contributed by atoms with E-state index in [1.165, 1.54) is 11.3 Å². The number of nitriles is 1. The van der Waals surface area contributed by atoms with Crippen LogP contribution in [0.1, 0.15) is 36.5 Å². The monoisotopic (exact) mass is 499 g/mol. The molecule has 1 aliphatic heterocycles. The second kappa shape index (κ2) is 10.2. The van der Waals surface area contributed by atoms with Gasteiger partial charge in [-0.2, -0.15) is 5.26 Å². The van der Waals surface area contributed by atoms with Crippen molar-refractivity contribution >= 4 is 23.0 Å². The zero-order chi connectivity index (χ0) is 25.1. The minimum Gasteiger partial charge on any atom is -0.493 e. The number of methoxy groups -OCH3 is 2. The van der Waals surface area contributed by atoms with Crippen LogP contribution in [-0.4, -0.2) is 33.6 Å². The van der Waals surface area contributed by atoms with Crippen LogP contribution in [0.5, 0.6) is 11.5 Å². The first-order chi connectivity index (χ1) is 17.6. The second-order valence-corrected chi connectivity index (χ2v) is 9.43. The van der Waals surface area contributed by atoms with E-state index in [1.807, 2.05) is 47.0 Å². The Morgan fingerprint density at radius 3 is 2.61 bits per heavy atom. The number of hydrogen-bond acceptors (Lipinski definition) is 7. The highest BCUT2D eigenvalue weighted by Gasteiger charge is 2.21. The molecule has 2 aromatic heterocycles. The summed E-state index contributed by atoms with van der Waals surface area (Å²) in [5.74, 6) is 2.58. The molecule has 1 aliphatic rings. The molecule has 0 N–H and O–H groups in total. The van der Waals surface area contributed by atoms with Crippen LogP contribution >= 0.6 is 11.3 Å². The van der Waals surface area contributed by atoms with Gasteiger partial charge in [-0.3, -0.25) is 9.36 Å². The van der Waals surface area contributed by atoms with Crippen molar-refractivity contribution in [3.05, 3.63) is 85.3 Å². The van der Waals surface area contributed by atoms with Crippen LogP contribution in [0.15, 0.2) is 53.3 Å². The van der Waals surface area contributed by atoms with Crippen LogP contribution in [-0.2, 0) is 13.0 Å². The number of ether oxygens (including phenoxy) is 2. The average molecular weight is 500 g/mol. The van der Waals surface area contributed by atoms with Gasteiger partial charge in [-0.15, -0.1) is 21.5 Å². The summed E-state index contributed by atoms with van der Waals surface area (Å²) in [7, 11) is 3.15. The fourth-order valence-corrected chi connectivity index (χ4v) is 5.52. The zero-order valence-corrected chi connectivity index (χ0v) is 20.9. The number of thiazole rings is 1. The Balaban J connectivity index is 1.79. The van der Waals surface area contributed by atoms with Gasteiger partial charge in [0.15, 0.2) is 17.3 Å². The van der Waals surface area contributed by atoms with Gasteiger partial charge in [0.25, 0.3) is 5.56 Å². The zero-order valence-electron chi connectivity index (χ0n) is 20.1. The summed E-state index contributed by atoms with van der Waals surface area (Å²) in [6, 6.07) is 17.2. The molecule has 182 valence electrons. The number of hydrogen-bond donors (Lipinski definition) is 0. The normalized spacial score (nSPS) is 14.5. The third-order valence-corrected chi connectivity index (χ3v) is 7.29. The molecule has 0 amide bonds. The first-order valence-corrected chi connectivity index (χ1v) is 12.5. The van der Waals surface area contributed by atoms with Crippen molar-refractivity contribution in [2.24, 2.45) is 0 Å². The lowest BCUT2D eigenvalue weighted by Gasteiger charge is -2.07. The highest BCUT2D eigenvalue weighted by Crippen LogP contribution is 2.27. The fourth-order valence-electron chi connectivity index (χ4n) is 4.42. The quantitative estimate of drug-likeness (QED) is 0.419. The molecule has 0 unspecified atom stereocenters. The van der Waals surface area contributed by atoms with Gasteiger partial charge in [-0.05, 0) is 48.7 Å². The number of benzene rings is 2. The standard InChI is InChI=1S/C27H25N5O3S/c1-34-21-13-12-18(15-22(21)35-2)16-23-26(33)32(19-9-5-3-6-10-19)27(36-23)20(17-28)25-30-29-24-11-7-4-8-14-31(24)25/h3,5-6,9-10,12-13,15-16H,4,7-8,11,14H2,1-2H3/b23-16-,27-20-. The van der Waals surface area contributed by atoms with Gasteiger partial charge in [-0.1, -0.05) is 30.7 Å². The Hall–Kier alpha value is -4.16. The summed E-state index contributed by atoms with van der Waals surface area (Å²) in [5, 5.41) is 19.1. The highest BCUT2D eigenvalue weighted by atomic mass is 32.1. The molecule has 8 nitrogen and oxygen atoms in total. The maximum Gasteiger partial charge on any atom is 0.273 e. The SMILES string of the molecule is COc1ccc(/C=c2\s/c(=C(/C#N)c3nnc4n3CCCCC4)n(-c3ccccc3)c2=O)cc1OC. The molecule has 9 heteroatoms. The van der Waals surface area contributed by atoms with Crippen LogP contribution < -0.4 is 24.2 Å². The predicted molar refractivity (Wildman–Crippen MR) is 138 cm³/mol. The van der Waals surface area contributed by atoms with Crippen LogP contribution in [0, 0.1) is 11.3 Å². The van der Waals surface area contributed by atoms with Crippen molar-refractivity contribution in [3.63, 3.8) is 0 Å². The summed E-state index contributed by atoms with van der Waals surface area (Å²) in [6.07, 6.45) is 5.81. The summed E-state index contributed by atoms with van der Waals surface area (Å²) in [4.78, 5) is 13.7. The lowest BCUT2D eigenvalue weighted by Crippen LogP contribution is -2.31. The van der Waals surface area contributed by atoms with Gasteiger partial charge in [0.2, 0.25) is 0 Å².